The molecule has 220 valence electrons. The second-order valence-electron chi connectivity index (χ2n) is 12.1. The molecular formula is C31H46N4O5. The number of rotatable bonds is 6. The lowest BCUT2D eigenvalue weighted by Gasteiger charge is -2.41. The van der Waals surface area contributed by atoms with Crippen molar-refractivity contribution >= 4 is 23.4 Å². The molecule has 9 nitrogen and oxygen atoms in total. The molecule has 40 heavy (non-hydrogen) atoms. The van der Waals surface area contributed by atoms with E-state index < -0.39 is 11.5 Å². The first-order valence-electron chi connectivity index (χ1n) is 14.7. The number of piperidine rings is 1. The maximum Gasteiger partial charge on any atom is 0.242 e. The molecule has 0 unspecified atom stereocenters. The van der Waals surface area contributed by atoms with Gasteiger partial charge >= 0.3 is 0 Å². The number of methoxy groups -OCH3 is 1. The number of carbonyl (C=O) groups excluding carboxylic acids is 3. The van der Waals surface area contributed by atoms with E-state index in [9.17, 15) is 14.4 Å². The van der Waals surface area contributed by atoms with Gasteiger partial charge in [-0.3, -0.25) is 19.3 Å². The highest BCUT2D eigenvalue weighted by Crippen LogP contribution is 2.37. The number of carbonyl (C=O) groups is 3. The van der Waals surface area contributed by atoms with Gasteiger partial charge in [-0.15, -0.1) is 0 Å². The van der Waals surface area contributed by atoms with Crippen LogP contribution in [-0.2, 0) is 19.1 Å². The molecule has 0 aromatic heterocycles. The van der Waals surface area contributed by atoms with Crippen molar-refractivity contribution in [2.24, 2.45) is 17.3 Å². The van der Waals surface area contributed by atoms with Gasteiger partial charge in [0.2, 0.25) is 17.7 Å². The first-order chi connectivity index (χ1) is 19.2. The van der Waals surface area contributed by atoms with Crippen molar-refractivity contribution in [1.82, 2.24) is 15.5 Å². The Morgan fingerprint density at radius 2 is 1.98 bits per heavy atom. The summed E-state index contributed by atoms with van der Waals surface area (Å²) in [7, 11) is 1.60. The van der Waals surface area contributed by atoms with E-state index in [1.54, 1.807) is 7.11 Å². The Morgan fingerprint density at radius 3 is 2.70 bits per heavy atom. The summed E-state index contributed by atoms with van der Waals surface area (Å²) >= 11 is 0. The summed E-state index contributed by atoms with van der Waals surface area (Å²) < 4.78 is 11.0. The summed E-state index contributed by atoms with van der Waals surface area (Å²) in [6.07, 6.45) is 8.35. The highest BCUT2D eigenvalue weighted by molar-refractivity contribution is 5.93. The van der Waals surface area contributed by atoms with Crippen molar-refractivity contribution in [2.75, 3.05) is 45.3 Å². The van der Waals surface area contributed by atoms with Crippen molar-refractivity contribution < 1.29 is 23.9 Å². The van der Waals surface area contributed by atoms with E-state index in [0.29, 0.717) is 57.7 Å². The molecule has 2 saturated heterocycles. The van der Waals surface area contributed by atoms with E-state index in [2.05, 4.69) is 46.8 Å². The number of fused-ring (bicyclic) bond motifs is 1. The van der Waals surface area contributed by atoms with Crippen LogP contribution in [0.15, 0.2) is 30.4 Å². The topological polar surface area (TPSA) is 109 Å². The Morgan fingerprint density at radius 1 is 1.20 bits per heavy atom. The summed E-state index contributed by atoms with van der Waals surface area (Å²) in [5.74, 6) is 0.942. The number of ether oxygens (including phenoxy) is 2. The normalized spacial score (nSPS) is 26.6. The van der Waals surface area contributed by atoms with Gasteiger partial charge < -0.3 is 25.4 Å². The number of nitrogens with zero attached hydrogens (tertiary/aromatic N) is 1. The fourth-order valence-electron chi connectivity index (χ4n) is 6.02. The minimum absolute atomic E-state index is 0.0565. The minimum Gasteiger partial charge on any atom is -0.497 e. The Balaban J connectivity index is 1.44. The van der Waals surface area contributed by atoms with Gasteiger partial charge in [0.15, 0.2) is 0 Å². The summed E-state index contributed by atoms with van der Waals surface area (Å²) in [6, 6.07) is 5.11. The summed E-state index contributed by atoms with van der Waals surface area (Å²) in [4.78, 5) is 42.2. The van der Waals surface area contributed by atoms with Gasteiger partial charge in [-0.2, -0.15) is 0 Å². The van der Waals surface area contributed by atoms with Crippen LogP contribution >= 0.6 is 0 Å². The number of allylic oxidation sites excluding steroid dienone is 2. The monoisotopic (exact) mass is 554 g/mol. The number of hydrogen-bond acceptors (Lipinski definition) is 6. The van der Waals surface area contributed by atoms with E-state index >= 15 is 0 Å². The molecule has 9 heteroatoms. The van der Waals surface area contributed by atoms with Crippen molar-refractivity contribution in [3.05, 3.63) is 35.9 Å². The van der Waals surface area contributed by atoms with Crippen LogP contribution in [0.1, 0.15) is 57.9 Å². The van der Waals surface area contributed by atoms with E-state index in [1.807, 2.05) is 25.1 Å². The van der Waals surface area contributed by atoms with E-state index in [0.717, 1.165) is 24.1 Å². The summed E-state index contributed by atoms with van der Waals surface area (Å²) in [5.41, 5.74) is 1.10. The Hall–Kier alpha value is -2.91. The van der Waals surface area contributed by atoms with E-state index in [-0.39, 0.29) is 42.1 Å². The van der Waals surface area contributed by atoms with Gasteiger partial charge in [-0.05, 0) is 76.1 Å². The molecule has 1 aromatic carbocycles. The largest absolute Gasteiger partial charge is 0.497 e. The first kappa shape index (κ1) is 30.1. The van der Waals surface area contributed by atoms with Gasteiger partial charge in [-0.25, -0.2) is 0 Å². The Labute approximate surface area is 238 Å². The molecule has 0 saturated carbocycles. The third-order valence-corrected chi connectivity index (χ3v) is 8.63. The van der Waals surface area contributed by atoms with Crippen molar-refractivity contribution in [2.45, 2.75) is 71.4 Å². The molecule has 3 atom stereocenters. The van der Waals surface area contributed by atoms with Crippen LogP contribution in [0.3, 0.4) is 0 Å². The number of hydrogen-bond donors (Lipinski definition) is 3. The fourth-order valence-corrected chi connectivity index (χ4v) is 6.02. The van der Waals surface area contributed by atoms with Crippen molar-refractivity contribution in [1.29, 1.82) is 0 Å². The average molecular weight is 555 g/mol. The zero-order chi connectivity index (χ0) is 28.7. The molecule has 0 aliphatic carbocycles. The number of anilines is 1. The van der Waals surface area contributed by atoms with E-state index in [4.69, 9.17) is 9.47 Å². The molecule has 1 aromatic rings. The van der Waals surface area contributed by atoms with E-state index in [1.165, 1.54) is 0 Å². The molecule has 3 aliphatic rings. The van der Waals surface area contributed by atoms with Gasteiger partial charge in [-0.1, -0.05) is 32.1 Å². The third-order valence-electron chi connectivity index (χ3n) is 8.63. The van der Waals surface area contributed by atoms with Crippen LogP contribution in [0, 0.1) is 24.2 Å². The van der Waals surface area contributed by atoms with Crippen LogP contribution in [0.25, 0.3) is 0 Å². The zero-order valence-corrected chi connectivity index (χ0v) is 24.5. The number of benzene rings is 1. The predicted molar refractivity (Wildman–Crippen MR) is 155 cm³/mol. The fraction of sp³-hybridized carbons (Fsp3) is 0.645. The SMILES string of the molecule is COc1ccc(C)c(NC(=O)CN2CCC3(C/C=C\C[C@@H]4COCC[C@@H]4NC(=O)[C@@H](CC(C)C)NC3=O)CC2)c1. The second-order valence-corrected chi connectivity index (χ2v) is 12.1. The maximum atomic E-state index is 13.8. The third kappa shape index (κ3) is 7.63. The number of likely N-dealkylation sites (tertiary alicyclic amines) is 1. The molecule has 3 heterocycles. The quantitative estimate of drug-likeness (QED) is 0.465. The lowest BCUT2D eigenvalue weighted by molar-refractivity contribution is -0.138. The lowest BCUT2D eigenvalue weighted by Crippen LogP contribution is -2.57. The van der Waals surface area contributed by atoms with Crippen LogP contribution in [0.4, 0.5) is 5.69 Å². The number of aryl methyl sites for hydroxylation is 1. The molecule has 1 spiro atoms. The van der Waals surface area contributed by atoms with Crippen LogP contribution in [-0.4, -0.2) is 74.7 Å². The molecule has 0 bridgehead atoms. The Bertz CT molecular complexity index is 1080. The van der Waals surface area contributed by atoms with Gasteiger partial charge in [0.1, 0.15) is 11.8 Å². The molecule has 0 radical (unpaired) electrons. The lowest BCUT2D eigenvalue weighted by atomic mass is 9.74. The number of nitrogens with one attached hydrogen (secondary N) is 3. The Kier molecular flexibility index (Phi) is 10.2. The molecular weight excluding hydrogens is 508 g/mol. The van der Waals surface area contributed by atoms with Gasteiger partial charge in [0.05, 0.1) is 25.7 Å². The van der Waals surface area contributed by atoms with Gasteiger partial charge in [0, 0.05) is 30.3 Å². The van der Waals surface area contributed by atoms with Crippen molar-refractivity contribution in [3.63, 3.8) is 0 Å². The first-order valence-corrected chi connectivity index (χ1v) is 14.7. The second kappa shape index (κ2) is 13.6. The van der Waals surface area contributed by atoms with Gasteiger partial charge in [0.25, 0.3) is 0 Å². The molecule has 3 amide bonds. The van der Waals surface area contributed by atoms with Crippen LogP contribution in [0.5, 0.6) is 5.75 Å². The van der Waals surface area contributed by atoms with Crippen LogP contribution < -0.4 is 20.7 Å². The summed E-state index contributed by atoms with van der Waals surface area (Å²) in [6.45, 7) is 8.88. The maximum absolute atomic E-state index is 13.8. The predicted octanol–water partition coefficient (Wildman–Crippen LogP) is 3.43. The standard InChI is InChI=1S/C31H46N4O5/c1-21(2)17-27-29(37)33-25-10-16-40-20-23(25)7-5-6-11-31(30(38)34-27)12-14-35(15-13-31)19-28(36)32-26-18-24(39-4)9-8-22(26)3/h5-6,8-9,18,21,23,25,27H,7,10-17,19-20H2,1-4H3,(H,32,36)(H,33,37)(H,34,38)/b6-5-/t23-,25+,27-/m1/s1. The minimum atomic E-state index is -0.607. The average Bonchev–Trinajstić information content (AvgIpc) is 2.93. The molecule has 3 N–H and O–H groups in total. The summed E-state index contributed by atoms with van der Waals surface area (Å²) in [5, 5.41) is 9.39. The molecule has 2 fully saturated rings. The highest BCUT2D eigenvalue weighted by atomic mass is 16.5. The highest BCUT2D eigenvalue weighted by Gasteiger charge is 2.42. The van der Waals surface area contributed by atoms with Crippen LogP contribution in [0.2, 0.25) is 0 Å². The van der Waals surface area contributed by atoms with Crippen molar-refractivity contribution in [3.8, 4) is 5.75 Å². The smallest absolute Gasteiger partial charge is 0.242 e. The molecule has 4 rings (SSSR count). The number of amides is 3. The zero-order valence-electron chi connectivity index (χ0n) is 24.5. The molecule has 3 aliphatic heterocycles.